The van der Waals surface area contributed by atoms with Crippen molar-refractivity contribution in [3.05, 3.63) is 0 Å². The number of aliphatic hydroxyl groups is 1. The lowest BCUT2D eigenvalue weighted by molar-refractivity contribution is -0.0629. The summed E-state index contributed by atoms with van der Waals surface area (Å²) in [4.78, 5) is 2.48. The second-order valence-corrected chi connectivity index (χ2v) is 6.25. The van der Waals surface area contributed by atoms with Gasteiger partial charge in [0.25, 0.3) is 0 Å². The second-order valence-electron chi connectivity index (χ2n) is 6.25. The topological polar surface area (TPSA) is 44.7 Å². The minimum absolute atomic E-state index is 0.0121. The van der Waals surface area contributed by atoms with Gasteiger partial charge in [-0.2, -0.15) is 0 Å². The number of nitrogens with one attached hydrogen (secondary N) is 1. The molecule has 1 fully saturated rings. The number of aliphatic hydroxyl groups excluding tert-OH is 1. The Labute approximate surface area is 112 Å². The van der Waals surface area contributed by atoms with Crippen LogP contribution < -0.4 is 5.32 Å². The third kappa shape index (κ3) is 3.92. The summed E-state index contributed by atoms with van der Waals surface area (Å²) in [5.41, 5.74) is -0.206. The van der Waals surface area contributed by atoms with Gasteiger partial charge in [0, 0.05) is 25.2 Å². The Morgan fingerprint density at radius 3 is 2.72 bits per heavy atom. The van der Waals surface area contributed by atoms with Crippen LogP contribution in [0.1, 0.15) is 40.0 Å². The van der Waals surface area contributed by atoms with Crippen LogP contribution >= 0.6 is 0 Å². The lowest BCUT2D eigenvalue weighted by atomic mass is 9.89. The summed E-state index contributed by atoms with van der Waals surface area (Å²) in [6.45, 7) is 8.79. The molecule has 108 valence electrons. The van der Waals surface area contributed by atoms with E-state index in [9.17, 15) is 5.11 Å². The molecule has 1 heterocycles. The van der Waals surface area contributed by atoms with E-state index in [4.69, 9.17) is 4.74 Å². The van der Waals surface area contributed by atoms with Crippen LogP contribution in [-0.4, -0.2) is 61.0 Å². The van der Waals surface area contributed by atoms with Crippen molar-refractivity contribution >= 4 is 0 Å². The van der Waals surface area contributed by atoms with E-state index in [0.717, 1.165) is 25.9 Å². The Balaban J connectivity index is 2.58. The van der Waals surface area contributed by atoms with Crippen molar-refractivity contribution in [2.24, 2.45) is 0 Å². The van der Waals surface area contributed by atoms with E-state index in [-0.39, 0.29) is 17.7 Å². The van der Waals surface area contributed by atoms with E-state index < -0.39 is 0 Å². The molecule has 0 aromatic carbocycles. The molecule has 1 aliphatic rings. The third-order valence-electron chi connectivity index (χ3n) is 4.50. The first-order valence-corrected chi connectivity index (χ1v) is 6.97. The van der Waals surface area contributed by atoms with Gasteiger partial charge in [-0.1, -0.05) is 0 Å². The van der Waals surface area contributed by atoms with Gasteiger partial charge >= 0.3 is 0 Å². The van der Waals surface area contributed by atoms with Gasteiger partial charge in [-0.15, -0.1) is 0 Å². The molecular weight excluding hydrogens is 228 g/mol. The summed E-state index contributed by atoms with van der Waals surface area (Å²) in [7, 11) is 3.72. The van der Waals surface area contributed by atoms with Gasteiger partial charge < -0.3 is 15.2 Å². The molecule has 0 aromatic rings. The number of hydrogen-bond acceptors (Lipinski definition) is 4. The van der Waals surface area contributed by atoms with E-state index in [1.54, 1.807) is 7.11 Å². The monoisotopic (exact) mass is 258 g/mol. The van der Waals surface area contributed by atoms with Crippen LogP contribution in [0, 0.1) is 0 Å². The number of nitrogens with zero attached hydrogens (tertiary/aromatic N) is 1. The molecular formula is C14H30N2O2. The maximum atomic E-state index is 9.48. The lowest BCUT2D eigenvalue weighted by Crippen LogP contribution is -2.54. The van der Waals surface area contributed by atoms with Crippen LogP contribution in [0.15, 0.2) is 0 Å². The summed E-state index contributed by atoms with van der Waals surface area (Å²) in [6.07, 6.45) is 3.26. The molecule has 0 radical (unpaired) electrons. The Bertz CT molecular complexity index is 256. The maximum Gasteiger partial charge on any atom is 0.0777 e. The van der Waals surface area contributed by atoms with Crippen LogP contribution in [0.2, 0.25) is 0 Å². The Morgan fingerprint density at radius 2 is 2.22 bits per heavy atom. The molecule has 1 aliphatic heterocycles. The molecule has 4 heteroatoms. The van der Waals surface area contributed by atoms with Crippen molar-refractivity contribution in [1.82, 2.24) is 10.2 Å². The zero-order valence-corrected chi connectivity index (χ0v) is 12.6. The van der Waals surface area contributed by atoms with E-state index in [0.29, 0.717) is 6.04 Å². The molecule has 0 aliphatic carbocycles. The van der Waals surface area contributed by atoms with Gasteiger partial charge in [-0.3, -0.25) is 4.90 Å². The molecule has 3 unspecified atom stereocenters. The molecule has 18 heavy (non-hydrogen) atoms. The van der Waals surface area contributed by atoms with Crippen LogP contribution in [0.4, 0.5) is 0 Å². The van der Waals surface area contributed by atoms with Crippen molar-refractivity contribution in [2.75, 3.05) is 33.9 Å². The molecule has 0 aromatic heterocycles. The molecule has 0 saturated carbocycles. The average Bonchev–Trinajstić information content (AvgIpc) is 2.38. The Morgan fingerprint density at radius 1 is 1.56 bits per heavy atom. The average molecular weight is 258 g/mol. The smallest absolute Gasteiger partial charge is 0.0777 e. The quantitative estimate of drug-likeness (QED) is 0.752. The Hall–Kier alpha value is -0.160. The Kier molecular flexibility index (Phi) is 5.59. The second kappa shape index (κ2) is 6.33. The van der Waals surface area contributed by atoms with Gasteiger partial charge in [0.1, 0.15) is 0 Å². The standard InChI is InChI=1S/C14H30N2O2/c1-12(9-13(2,11-17)15-4)16-8-6-7-14(3,10-16)18-5/h12,15,17H,6-11H2,1-5H3. The highest BCUT2D eigenvalue weighted by atomic mass is 16.5. The summed E-state index contributed by atoms with van der Waals surface area (Å²) in [5, 5.41) is 12.7. The highest BCUT2D eigenvalue weighted by Crippen LogP contribution is 2.27. The minimum atomic E-state index is -0.194. The van der Waals surface area contributed by atoms with Crippen molar-refractivity contribution in [3.8, 4) is 0 Å². The number of rotatable bonds is 6. The molecule has 0 amide bonds. The molecule has 1 saturated heterocycles. The largest absolute Gasteiger partial charge is 0.394 e. The summed E-state index contributed by atoms with van der Waals surface area (Å²) < 4.78 is 5.64. The van der Waals surface area contributed by atoms with Crippen molar-refractivity contribution < 1.29 is 9.84 Å². The molecule has 1 rings (SSSR count). The van der Waals surface area contributed by atoms with Crippen LogP contribution in [-0.2, 0) is 4.74 Å². The zero-order chi connectivity index (χ0) is 13.8. The molecule has 0 spiro atoms. The maximum absolute atomic E-state index is 9.48. The molecule has 3 atom stereocenters. The zero-order valence-electron chi connectivity index (χ0n) is 12.6. The van der Waals surface area contributed by atoms with E-state index in [1.165, 1.54) is 6.42 Å². The highest BCUT2D eigenvalue weighted by molar-refractivity contribution is 4.91. The number of piperidine rings is 1. The molecule has 0 bridgehead atoms. The van der Waals surface area contributed by atoms with Gasteiger partial charge in [0.15, 0.2) is 0 Å². The molecule has 2 N–H and O–H groups in total. The van der Waals surface area contributed by atoms with E-state index in [2.05, 4.69) is 31.0 Å². The lowest BCUT2D eigenvalue weighted by Gasteiger charge is -2.44. The minimum Gasteiger partial charge on any atom is -0.394 e. The first kappa shape index (κ1) is 15.9. The van der Waals surface area contributed by atoms with Crippen LogP contribution in [0.3, 0.4) is 0 Å². The number of likely N-dealkylation sites (N-methyl/N-ethyl adjacent to an activating group) is 1. The molecule has 4 nitrogen and oxygen atoms in total. The number of hydrogen-bond donors (Lipinski definition) is 2. The first-order valence-electron chi connectivity index (χ1n) is 6.97. The van der Waals surface area contributed by atoms with Gasteiger partial charge in [0.05, 0.1) is 12.2 Å². The predicted molar refractivity (Wildman–Crippen MR) is 74.9 cm³/mol. The highest BCUT2D eigenvalue weighted by Gasteiger charge is 2.34. The predicted octanol–water partition coefficient (Wildman–Crippen LogP) is 1.24. The van der Waals surface area contributed by atoms with Crippen LogP contribution in [0.5, 0.6) is 0 Å². The van der Waals surface area contributed by atoms with Crippen molar-refractivity contribution in [3.63, 3.8) is 0 Å². The first-order chi connectivity index (χ1) is 8.38. The van der Waals surface area contributed by atoms with E-state index in [1.807, 2.05) is 7.05 Å². The number of methoxy groups -OCH3 is 1. The van der Waals surface area contributed by atoms with Crippen molar-refractivity contribution in [2.45, 2.75) is 57.2 Å². The van der Waals surface area contributed by atoms with Gasteiger partial charge in [0.2, 0.25) is 0 Å². The fourth-order valence-electron chi connectivity index (χ4n) is 2.81. The fourth-order valence-corrected chi connectivity index (χ4v) is 2.81. The number of ether oxygens (including phenoxy) is 1. The van der Waals surface area contributed by atoms with Gasteiger partial charge in [-0.25, -0.2) is 0 Å². The van der Waals surface area contributed by atoms with Crippen molar-refractivity contribution in [1.29, 1.82) is 0 Å². The van der Waals surface area contributed by atoms with E-state index >= 15 is 0 Å². The fraction of sp³-hybridized carbons (Fsp3) is 1.00. The SMILES string of the molecule is CNC(C)(CO)CC(C)N1CCCC(C)(OC)C1. The summed E-state index contributed by atoms with van der Waals surface area (Å²) in [6, 6.07) is 0.448. The summed E-state index contributed by atoms with van der Waals surface area (Å²) in [5.74, 6) is 0. The third-order valence-corrected chi connectivity index (χ3v) is 4.50. The van der Waals surface area contributed by atoms with Crippen LogP contribution in [0.25, 0.3) is 0 Å². The summed E-state index contributed by atoms with van der Waals surface area (Å²) >= 11 is 0. The normalized spacial score (nSPS) is 31.0. The van der Waals surface area contributed by atoms with Gasteiger partial charge in [-0.05, 0) is 53.6 Å². The number of likely N-dealkylation sites (tertiary alicyclic amines) is 1.